The monoisotopic (exact) mass is 262 g/mol. The van der Waals surface area contributed by atoms with Crippen molar-refractivity contribution in [2.45, 2.75) is 19.2 Å². The van der Waals surface area contributed by atoms with Gasteiger partial charge in [0, 0.05) is 5.69 Å². The largest absolute Gasteiger partial charge is 0.457 e. The number of thiazole rings is 1. The van der Waals surface area contributed by atoms with Crippen LogP contribution in [-0.2, 0) is 0 Å². The summed E-state index contributed by atoms with van der Waals surface area (Å²) < 4.78 is 42.3. The van der Waals surface area contributed by atoms with Gasteiger partial charge in [-0.3, -0.25) is 0 Å². The van der Waals surface area contributed by atoms with E-state index in [1.807, 2.05) is 0 Å². The fourth-order valence-corrected chi connectivity index (χ4v) is 2.13. The highest BCUT2D eigenvalue weighted by Crippen LogP contribution is 2.32. The number of nitrogens with two attached hydrogens (primary N) is 1. The van der Waals surface area contributed by atoms with Crippen molar-refractivity contribution in [2.24, 2.45) is 0 Å². The molecule has 0 bridgehead atoms. The summed E-state index contributed by atoms with van der Waals surface area (Å²) in [6, 6.07) is 4.93. The van der Waals surface area contributed by atoms with E-state index < -0.39 is 12.3 Å². The van der Waals surface area contributed by atoms with Gasteiger partial charge in [0.2, 0.25) is 0 Å². The molecule has 1 aromatic heterocycles. The molecule has 1 heterocycles. The van der Waals surface area contributed by atoms with Crippen molar-refractivity contribution in [1.29, 1.82) is 0 Å². The minimum Gasteiger partial charge on any atom is -0.457 e. The molecular formula is C10H9F3N2OS. The zero-order valence-electron chi connectivity index (χ0n) is 8.78. The molecule has 1 unspecified atom stereocenters. The summed E-state index contributed by atoms with van der Waals surface area (Å²) in [5.74, 6) is 0. The van der Waals surface area contributed by atoms with Gasteiger partial charge in [-0.1, -0.05) is 11.3 Å². The van der Waals surface area contributed by atoms with Crippen molar-refractivity contribution in [3.8, 4) is 5.19 Å². The summed E-state index contributed by atoms with van der Waals surface area (Å²) in [7, 11) is 0. The molecule has 0 amide bonds. The number of halogens is 3. The van der Waals surface area contributed by atoms with Crippen molar-refractivity contribution in [3.05, 3.63) is 18.2 Å². The molecule has 0 aliphatic heterocycles. The van der Waals surface area contributed by atoms with Crippen molar-refractivity contribution in [1.82, 2.24) is 4.98 Å². The van der Waals surface area contributed by atoms with E-state index in [4.69, 9.17) is 10.5 Å². The van der Waals surface area contributed by atoms with Crippen molar-refractivity contribution >= 4 is 27.2 Å². The number of rotatable bonds is 2. The lowest BCUT2D eigenvalue weighted by molar-refractivity contribution is -0.189. The molecule has 0 fully saturated rings. The minimum absolute atomic E-state index is 0.00424. The van der Waals surface area contributed by atoms with Gasteiger partial charge in [-0.25, -0.2) is 4.98 Å². The summed E-state index contributed by atoms with van der Waals surface area (Å²) in [6.45, 7) is 0.945. The molecule has 0 spiro atoms. The molecule has 2 aromatic rings. The molecule has 7 heteroatoms. The van der Waals surface area contributed by atoms with Crippen molar-refractivity contribution in [3.63, 3.8) is 0 Å². The number of hydrogen-bond acceptors (Lipinski definition) is 4. The lowest BCUT2D eigenvalue weighted by Gasteiger charge is -2.14. The Labute approximate surface area is 99.0 Å². The Morgan fingerprint density at radius 1 is 1.41 bits per heavy atom. The van der Waals surface area contributed by atoms with Crippen molar-refractivity contribution < 1.29 is 17.9 Å². The van der Waals surface area contributed by atoms with Gasteiger partial charge in [0.05, 0.1) is 10.2 Å². The average Bonchev–Trinajstić information content (AvgIpc) is 2.57. The number of alkyl halides is 3. The molecule has 92 valence electrons. The van der Waals surface area contributed by atoms with Gasteiger partial charge in [0.1, 0.15) is 0 Å². The highest BCUT2D eigenvalue weighted by molar-refractivity contribution is 7.20. The first kappa shape index (κ1) is 12.0. The van der Waals surface area contributed by atoms with E-state index in [0.29, 0.717) is 15.9 Å². The molecular weight excluding hydrogens is 253 g/mol. The maximum Gasteiger partial charge on any atom is 0.425 e. The Bertz CT molecular complexity index is 538. The Morgan fingerprint density at radius 2 is 2.12 bits per heavy atom. The van der Waals surface area contributed by atoms with E-state index >= 15 is 0 Å². The molecule has 3 nitrogen and oxygen atoms in total. The summed E-state index contributed by atoms with van der Waals surface area (Å²) in [4.78, 5) is 3.95. The molecule has 2 rings (SSSR count). The van der Waals surface area contributed by atoms with E-state index in [-0.39, 0.29) is 5.19 Å². The van der Waals surface area contributed by atoms with Crippen LogP contribution in [-0.4, -0.2) is 17.3 Å². The minimum atomic E-state index is -4.39. The topological polar surface area (TPSA) is 48.1 Å². The van der Waals surface area contributed by atoms with Gasteiger partial charge in [0.15, 0.2) is 6.10 Å². The molecule has 0 radical (unpaired) electrons. The van der Waals surface area contributed by atoms with Crippen molar-refractivity contribution in [2.75, 3.05) is 5.73 Å². The van der Waals surface area contributed by atoms with Crippen LogP contribution in [0.15, 0.2) is 18.2 Å². The molecule has 0 saturated carbocycles. The summed E-state index contributed by atoms with van der Waals surface area (Å²) in [5.41, 5.74) is 6.68. The summed E-state index contributed by atoms with van der Waals surface area (Å²) >= 11 is 1.04. The van der Waals surface area contributed by atoms with Crippen LogP contribution in [0.4, 0.5) is 18.9 Å². The first-order chi connectivity index (χ1) is 7.86. The Balaban J connectivity index is 2.25. The molecule has 0 aliphatic carbocycles. The first-order valence-electron chi connectivity index (χ1n) is 4.75. The third kappa shape index (κ3) is 2.60. The zero-order chi connectivity index (χ0) is 12.6. The number of benzene rings is 1. The van der Waals surface area contributed by atoms with Crippen LogP contribution in [0.25, 0.3) is 10.2 Å². The molecule has 1 aromatic carbocycles. The molecule has 2 N–H and O–H groups in total. The van der Waals surface area contributed by atoms with Crippen LogP contribution in [0.2, 0.25) is 0 Å². The third-order valence-electron chi connectivity index (χ3n) is 2.13. The average molecular weight is 262 g/mol. The van der Waals surface area contributed by atoms with Gasteiger partial charge in [-0.05, 0) is 25.1 Å². The lowest BCUT2D eigenvalue weighted by atomic mass is 10.3. The van der Waals surface area contributed by atoms with E-state index in [9.17, 15) is 13.2 Å². The molecule has 0 aliphatic rings. The van der Waals surface area contributed by atoms with Crippen LogP contribution in [0.1, 0.15) is 6.92 Å². The van der Waals surface area contributed by atoms with Crippen LogP contribution in [0.3, 0.4) is 0 Å². The second kappa shape index (κ2) is 4.06. The van der Waals surface area contributed by atoms with E-state index in [1.165, 1.54) is 0 Å². The number of ether oxygens (including phenoxy) is 1. The third-order valence-corrected chi connectivity index (χ3v) is 3.04. The Hall–Kier alpha value is -1.50. The van der Waals surface area contributed by atoms with Crippen LogP contribution >= 0.6 is 11.3 Å². The number of fused-ring (bicyclic) bond motifs is 1. The van der Waals surface area contributed by atoms with Crippen LogP contribution < -0.4 is 10.5 Å². The standard InChI is InChI=1S/C10H9F3N2OS/c1-5(10(11,12)13)16-9-15-7-3-2-6(14)4-8(7)17-9/h2-5H,14H2,1H3. The van der Waals surface area contributed by atoms with Gasteiger partial charge < -0.3 is 10.5 Å². The van der Waals surface area contributed by atoms with E-state index in [1.54, 1.807) is 18.2 Å². The normalized spacial score (nSPS) is 13.9. The maximum atomic E-state index is 12.3. The molecule has 17 heavy (non-hydrogen) atoms. The summed E-state index contributed by atoms with van der Waals surface area (Å²) in [6.07, 6.45) is -6.27. The van der Waals surface area contributed by atoms with Gasteiger partial charge in [-0.15, -0.1) is 0 Å². The highest BCUT2D eigenvalue weighted by Gasteiger charge is 2.38. The molecule has 1 atom stereocenters. The Morgan fingerprint density at radius 3 is 2.76 bits per heavy atom. The predicted octanol–water partition coefficient (Wildman–Crippen LogP) is 3.21. The van der Waals surface area contributed by atoms with E-state index in [0.717, 1.165) is 18.3 Å². The molecule has 0 saturated heterocycles. The second-order valence-corrected chi connectivity index (χ2v) is 4.50. The number of nitrogen functional groups attached to an aromatic ring is 1. The fourth-order valence-electron chi connectivity index (χ4n) is 1.19. The predicted molar refractivity (Wildman–Crippen MR) is 60.2 cm³/mol. The first-order valence-corrected chi connectivity index (χ1v) is 5.57. The SMILES string of the molecule is CC(Oc1nc2ccc(N)cc2s1)C(F)(F)F. The highest BCUT2D eigenvalue weighted by atomic mass is 32.1. The smallest absolute Gasteiger partial charge is 0.425 e. The maximum absolute atomic E-state index is 12.3. The number of aromatic nitrogens is 1. The van der Waals surface area contributed by atoms with Crippen LogP contribution in [0.5, 0.6) is 5.19 Å². The lowest BCUT2D eigenvalue weighted by Crippen LogP contribution is -2.31. The zero-order valence-corrected chi connectivity index (χ0v) is 9.60. The number of hydrogen-bond donors (Lipinski definition) is 1. The van der Waals surface area contributed by atoms with Gasteiger partial charge >= 0.3 is 6.18 Å². The quantitative estimate of drug-likeness (QED) is 0.845. The van der Waals surface area contributed by atoms with Gasteiger partial charge in [0.25, 0.3) is 5.19 Å². The summed E-state index contributed by atoms with van der Waals surface area (Å²) in [5, 5.41) is -0.00424. The fraction of sp³-hybridized carbons (Fsp3) is 0.300. The van der Waals surface area contributed by atoms with Crippen LogP contribution in [0, 0.1) is 0 Å². The Kier molecular flexibility index (Phi) is 2.86. The number of anilines is 1. The van der Waals surface area contributed by atoms with E-state index in [2.05, 4.69) is 4.98 Å². The van der Waals surface area contributed by atoms with Gasteiger partial charge in [-0.2, -0.15) is 13.2 Å². The number of nitrogens with zero attached hydrogens (tertiary/aromatic N) is 1. The second-order valence-electron chi connectivity index (χ2n) is 3.51.